The summed E-state index contributed by atoms with van der Waals surface area (Å²) in [7, 11) is 1.48. The molecule has 0 spiro atoms. The van der Waals surface area contributed by atoms with Crippen molar-refractivity contribution in [2.45, 2.75) is 37.4 Å². The monoisotopic (exact) mass is 244 g/mol. The van der Waals surface area contributed by atoms with Gasteiger partial charge in [0.1, 0.15) is 0 Å². The highest BCUT2D eigenvalue weighted by molar-refractivity contribution is 7.99. The first-order valence-electron chi connectivity index (χ1n) is 6.00. The van der Waals surface area contributed by atoms with E-state index >= 15 is 0 Å². The van der Waals surface area contributed by atoms with Crippen LogP contribution in [0.5, 0.6) is 0 Å². The fourth-order valence-electron chi connectivity index (χ4n) is 2.06. The van der Waals surface area contributed by atoms with Crippen molar-refractivity contribution in [3.05, 3.63) is 0 Å². The van der Waals surface area contributed by atoms with E-state index in [0.29, 0.717) is 6.42 Å². The Balaban J connectivity index is 1.70. The van der Waals surface area contributed by atoms with Crippen LogP contribution in [-0.2, 0) is 14.3 Å². The van der Waals surface area contributed by atoms with Crippen LogP contribution < -0.4 is 0 Å². The minimum absolute atomic E-state index is 0.0509. The largest absolute Gasteiger partial charge is 0.469 e. The number of ether oxygens (including phenoxy) is 2. The summed E-state index contributed by atoms with van der Waals surface area (Å²) in [5.41, 5.74) is 0.274. The standard InChI is InChI=1S/C12H20O3S/c1-14-11(13)8-12(4-5-12)9-16-10-2-6-15-7-3-10/h10H,2-9H2,1H3. The third-order valence-electron chi connectivity index (χ3n) is 3.50. The molecule has 0 aromatic heterocycles. The average Bonchev–Trinajstić information content (AvgIpc) is 3.08. The molecule has 3 nitrogen and oxygen atoms in total. The Morgan fingerprint density at radius 2 is 2.12 bits per heavy atom. The second-order valence-corrected chi connectivity index (χ2v) is 6.16. The molecule has 4 heteroatoms. The molecule has 0 amide bonds. The smallest absolute Gasteiger partial charge is 0.306 e. The molecule has 0 unspecified atom stereocenters. The Labute approximate surface area is 101 Å². The van der Waals surface area contributed by atoms with Crippen LogP contribution >= 0.6 is 11.8 Å². The van der Waals surface area contributed by atoms with Crippen LogP contribution in [0.1, 0.15) is 32.1 Å². The van der Waals surface area contributed by atoms with Crippen LogP contribution in [0.25, 0.3) is 0 Å². The second kappa shape index (κ2) is 5.41. The van der Waals surface area contributed by atoms with Gasteiger partial charge in [-0.1, -0.05) is 0 Å². The molecule has 1 heterocycles. The van der Waals surface area contributed by atoms with E-state index in [0.717, 1.165) is 24.2 Å². The van der Waals surface area contributed by atoms with Gasteiger partial charge in [0, 0.05) is 18.5 Å². The van der Waals surface area contributed by atoms with E-state index in [1.807, 2.05) is 11.8 Å². The Kier molecular flexibility index (Phi) is 4.14. The van der Waals surface area contributed by atoms with Crippen LogP contribution in [0.2, 0.25) is 0 Å². The summed E-state index contributed by atoms with van der Waals surface area (Å²) in [4.78, 5) is 11.3. The summed E-state index contributed by atoms with van der Waals surface area (Å²) < 4.78 is 10.1. The van der Waals surface area contributed by atoms with Gasteiger partial charge in [0.25, 0.3) is 0 Å². The lowest BCUT2D eigenvalue weighted by atomic mass is 10.1. The predicted molar refractivity (Wildman–Crippen MR) is 64.6 cm³/mol. The van der Waals surface area contributed by atoms with Gasteiger partial charge in [0.05, 0.1) is 13.5 Å². The summed E-state index contributed by atoms with van der Waals surface area (Å²) >= 11 is 2.03. The fourth-order valence-corrected chi connectivity index (χ4v) is 3.57. The zero-order chi connectivity index (χ0) is 11.4. The number of thioether (sulfide) groups is 1. The van der Waals surface area contributed by atoms with Crippen molar-refractivity contribution in [2.75, 3.05) is 26.1 Å². The van der Waals surface area contributed by atoms with Gasteiger partial charge in [0.2, 0.25) is 0 Å². The van der Waals surface area contributed by atoms with Crippen molar-refractivity contribution in [3.8, 4) is 0 Å². The lowest BCUT2D eigenvalue weighted by Gasteiger charge is -2.23. The van der Waals surface area contributed by atoms with Crippen molar-refractivity contribution in [1.82, 2.24) is 0 Å². The number of rotatable bonds is 5. The average molecular weight is 244 g/mol. The third-order valence-corrected chi connectivity index (χ3v) is 5.22. The highest BCUT2D eigenvalue weighted by Gasteiger charge is 2.44. The molecule has 0 aromatic carbocycles. The van der Waals surface area contributed by atoms with E-state index < -0.39 is 0 Å². The molecule has 92 valence electrons. The summed E-state index contributed by atoms with van der Waals surface area (Å²) in [6, 6.07) is 0. The third kappa shape index (κ3) is 3.39. The molecule has 2 aliphatic rings. The van der Waals surface area contributed by atoms with Crippen LogP contribution in [0.15, 0.2) is 0 Å². The highest BCUT2D eigenvalue weighted by atomic mass is 32.2. The molecule has 1 saturated carbocycles. The lowest BCUT2D eigenvalue weighted by molar-refractivity contribution is -0.141. The van der Waals surface area contributed by atoms with E-state index in [1.54, 1.807) is 0 Å². The Morgan fingerprint density at radius 3 is 2.69 bits per heavy atom. The van der Waals surface area contributed by atoms with E-state index in [1.165, 1.54) is 32.8 Å². The van der Waals surface area contributed by atoms with Gasteiger partial charge < -0.3 is 9.47 Å². The SMILES string of the molecule is COC(=O)CC1(CSC2CCOCC2)CC1. The van der Waals surface area contributed by atoms with E-state index in [2.05, 4.69) is 0 Å². The second-order valence-electron chi connectivity index (χ2n) is 4.88. The fraction of sp³-hybridized carbons (Fsp3) is 0.917. The first-order valence-corrected chi connectivity index (χ1v) is 7.05. The normalized spacial score (nSPS) is 24.1. The van der Waals surface area contributed by atoms with Crippen LogP contribution in [0.3, 0.4) is 0 Å². The molecule has 0 aromatic rings. The van der Waals surface area contributed by atoms with Gasteiger partial charge in [-0.3, -0.25) is 4.79 Å². The van der Waals surface area contributed by atoms with Crippen LogP contribution in [0.4, 0.5) is 0 Å². The molecule has 2 fully saturated rings. The maximum absolute atomic E-state index is 11.3. The number of methoxy groups -OCH3 is 1. The summed E-state index contributed by atoms with van der Waals surface area (Å²) in [6.07, 6.45) is 5.33. The zero-order valence-corrected chi connectivity index (χ0v) is 10.7. The number of carbonyl (C=O) groups is 1. The molecule has 2 rings (SSSR count). The van der Waals surface area contributed by atoms with Gasteiger partial charge in [0.15, 0.2) is 0 Å². The first-order chi connectivity index (χ1) is 7.74. The molecule has 1 aliphatic heterocycles. The van der Waals surface area contributed by atoms with Gasteiger partial charge in [-0.15, -0.1) is 0 Å². The molecule has 1 aliphatic carbocycles. The Hall–Kier alpha value is -0.220. The van der Waals surface area contributed by atoms with Crippen molar-refractivity contribution in [2.24, 2.45) is 5.41 Å². The van der Waals surface area contributed by atoms with Gasteiger partial charge in [-0.05, 0) is 36.9 Å². The molecule has 0 N–H and O–H groups in total. The minimum atomic E-state index is -0.0509. The predicted octanol–water partition coefficient (Wildman–Crippen LogP) is 2.24. The maximum atomic E-state index is 11.3. The number of carbonyl (C=O) groups excluding carboxylic acids is 1. The maximum Gasteiger partial charge on any atom is 0.306 e. The van der Waals surface area contributed by atoms with Crippen molar-refractivity contribution < 1.29 is 14.3 Å². The summed E-state index contributed by atoms with van der Waals surface area (Å²) in [6.45, 7) is 1.81. The summed E-state index contributed by atoms with van der Waals surface area (Å²) in [5.74, 6) is 1.07. The van der Waals surface area contributed by atoms with Gasteiger partial charge in [-0.25, -0.2) is 0 Å². The molecular formula is C12H20O3S. The molecule has 16 heavy (non-hydrogen) atoms. The Morgan fingerprint density at radius 1 is 1.44 bits per heavy atom. The van der Waals surface area contributed by atoms with Crippen molar-refractivity contribution in [3.63, 3.8) is 0 Å². The van der Waals surface area contributed by atoms with E-state index in [-0.39, 0.29) is 11.4 Å². The van der Waals surface area contributed by atoms with E-state index in [4.69, 9.17) is 9.47 Å². The number of esters is 1. The molecule has 0 atom stereocenters. The highest BCUT2D eigenvalue weighted by Crippen LogP contribution is 2.52. The minimum Gasteiger partial charge on any atom is -0.469 e. The topological polar surface area (TPSA) is 35.5 Å². The molecule has 1 saturated heterocycles. The zero-order valence-electron chi connectivity index (χ0n) is 9.87. The molecular weight excluding hydrogens is 224 g/mol. The van der Waals surface area contributed by atoms with Gasteiger partial charge in [-0.2, -0.15) is 11.8 Å². The molecule has 0 radical (unpaired) electrons. The number of hydrogen-bond donors (Lipinski definition) is 0. The van der Waals surface area contributed by atoms with Crippen LogP contribution in [0, 0.1) is 5.41 Å². The summed E-state index contributed by atoms with van der Waals surface area (Å²) in [5, 5.41) is 0.740. The Bertz CT molecular complexity index is 245. The number of hydrogen-bond acceptors (Lipinski definition) is 4. The van der Waals surface area contributed by atoms with Gasteiger partial charge >= 0.3 is 5.97 Å². The first kappa shape index (κ1) is 12.2. The van der Waals surface area contributed by atoms with Crippen LogP contribution in [-0.4, -0.2) is 37.3 Å². The van der Waals surface area contributed by atoms with Crippen molar-refractivity contribution >= 4 is 17.7 Å². The lowest BCUT2D eigenvalue weighted by Crippen LogP contribution is -2.20. The van der Waals surface area contributed by atoms with Crippen molar-refractivity contribution in [1.29, 1.82) is 0 Å². The molecule has 0 bridgehead atoms. The quantitative estimate of drug-likeness (QED) is 0.695. The van der Waals surface area contributed by atoms with E-state index in [9.17, 15) is 4.79 Å².